The number of morpholine rings is 1. The molecule has 6 nitrogen and oxygen atoms in total. The van der Waals surface area contributed by atoms with Crippen LogP contribution in [0.25, 0.3) is 0 Å². The van der Waals surface area contributed by atoms with Gasteiger partial charge >= 0.3 is 6.09 Å². The minimum Gasteiger partial charge on any atom is -0.444 e. The third kappa shape index (κ3) is 2.88. The van der Waals surface area contributed by atoms with Crippen molar-refractivity contribution in [3.63, 3.8) is 0 Å². The van der Waals surface area contributed by atoms with Crippen molar-refractivity contribution in [2.75, 3.05) is 19.7 Å². The second-order valence-electron chi connectivity index (χ2n) is 5.41. The third-order valence-electron chi connectivity index (χ3n) is 2.69. The molecule has 0 unspecified atom stereocenters. The van der Waals surface area contributed by atoms with Crippen LogP contribution in [-0.4, -0.2) is 54.3 Å². The number of nitrogens with one attached hydrogen (secondary N) is 1. The maximum absolute atomic E-state index is 11.8. The Balaban J connectivity index is 1.93. The maximum Gasteiger partial charge on any atom is 0.410 e. The highest BCUT2D eigenvalue weighted by molar-refractivity contribution is 5.78. The van der Waals surface area contributed by atoms with Crippen LogP contribution >= 0.6 is 0 Å². The van der Waals surface area contributed by atoms with Gasteiger partial charge in [0.05, 0.1) is 18.7 Å². The lowest BCUT2D eigenvalue weighted by molar-refractivity contribution is -0.134. The Bertz CT molecular complexity index is 337. The second kappa shape index (κ2) is 4.18. The van der Waals surface area contributed by atoms with E-state index in [4.69, 9.17) is 9.47 Å². The number of carbonyl (C=O) groups excluding carboxylic acids is 2. The van der Waals surface area contributed by atoms with Crippen molar-refractivity contribution in [2.24, 2.45) is 0 Å². The highest BCUT2D eigenvalue weighted by atomic mass is 16.6. The van der Waals surface area contributed by atoms with Crippen LogP contribution in [0, 0.1) is 0 Å². The molecule has 2 rings (SSSR count). The normalized spacial score (nSPS) is 28.6. The van der Waals surface area contributed by atoms with Crippen LogP contribution in [0.3, 0.4) is 0 Å². The van der Waals surface area contributed by atoms with Crippen molar-refractivity contribution in [2.45, 2.75) is 38.5 Å². The summed E-state index contributed by atoms with van der Waals surface area (Å²) in [5, 5.41) is 2.81. The van der Waals surface area contributed by atoms with Crippen LogP contribution < -0.4 is 5.32 Å². The summed E-state index contributed by atoms with van der Waals surface area (Å²) >= 11 is 0. The molecule has 1 N–H and O–H groups in total. The van der Waals surface area contributed by atoms with Crippen molar-refractivity contribution in [3.8, 4) is 0 Å². The van der Waals surface area contributed by atoms with Gasteiger partial charge in [0.25, 0.3) is 0 Å². The zero-order valence-electron chi connectivity index (χ0n) is 10.4. The fourth-order valence-electron chi connectivity index (χ4n) is 1.99. The molecule has 0 radical (unpaired) electrons. The topological polar surface area (TPSA) is 67.9 Å². The largest absolute Gasteiger partial charge is 0.444 e. The van der Waals surface area contributed by atoms with Crippen LogP contribution in [0.4, 0.5) is 4.79 Å². The van der Waals surface area contributed by atoms with Gasteiger partial charge in [0.15, 0.2) is 0 Å². The molecule has 17 heavy (non-hydrogen) atoms. The zero-order valence-corrected chi connectivity index (χ0v) is 10.4. The molecule has 2 fully saturated rings. The van der Waals surface area contributed by atoms with E-state index in [-0.39, 0.29) is 30.8 Å². The number of rotatable bonds is 0. The quantitative estimate of drug-likeness (QED) is 0.655. The average Bonchev–Trinajstić information content (AvgIpc) is 2.57. The molecule has 0 aromatic heterocycles. The standard InChI is InChI=1S/C11H18N2O4/c1-11(2,3)17-10(15)13-4-7-8(5-13)16-6-9(14)12-7/h7-8H,4-6H2,1-3H3,(H,12,14)/t7-,8+/m1/s1. The van der Waals surface area contributed by atoms with E-state index >= 15 is 0 Å². The lowest BCUT2D eigenvalue weighted by atomic mass is 10.2. The Morgan fingerprint density at radius 1 is 1.47 bits per heavy atom. The van der Waals surface area contributed by atoms with E-state index in [1.165, 1.54) is 0 Å². The molecule has 2 heterocycles. The van der Waals surface area contributed by atoms with Crippen molar-refractivity contribution < 1.29 is 19.1 Å². The fraction of sp³-hybridized carbons (Fsp3) is 0.818. The molecular formula is C11H18N2O4. The summed E-state index contributed by atoms with van der Waals surface area (Å²) in [5.74, 6) is -0.128. The molecule has 2 aliphatic rings. The number of fused-ring (bicyclic) bond motifs is 1. The summed E-state index contributed by atoms with van der Waals surface area (Å²) in [4.78, 5) is 24.5. The van der Waals surface area contributed by atoms with E-state index in [1.54, 1.807) is 4.90 Å². The monoisotopic (exact) mass is 242 g/mol. The van der Waals surface area contributed by atoms with Gasteiger partial charge in [-0.2, -0.15) is 0 Å². The number of hydrogen-bond donors (Lipinski definition) is 1. The molecule has 0 saturated carbocycles. The van der Waals surface area contributed by atoms with Crippen LogP contribution in [0.5, 0.6) is 0 Å². The van der Waals surface area contributed by atoms with Gasteiger partial charge in [-0.1, -0.05) is 0 Å². The minimum absolute atomic E-state index is 0.0727. The van der Waals surface area contributed by atoms with Crippen molar-refractivity contribution in [1.82, 2.24) is 10.2 Å². The van der Waals surface area contributed by atoms with Gasteiger partial charge < -0.3 is 19.7 Å². The van der Waals surface area contributed by atoms with Crippen LogP contribution in [0.15, 0.2) is 0 Å². The number of nitrogens with zero attached hydrogens (tertiary/aromatic N) is 1. The van der Waals surface area contributed by atoms with Gasteiger partial charge in [-0.05, 0) is 20.8 Å². The van der Waals surface area contributed by atoms with Crippen LogP contribution in [-0.2, 0) is 14.3 Å². The first-order chi connectivity index (χ1) is 7.85. The summed E-state index contributed by atoms with van der Waals surface area (Å²) < 4.78 is 10.6. The predicted molar refractivity (Wildman–Crippen MR) is 59.5 cm³/mol. The van der Waals surface area contributed by atoms with Gasteiger partial charge in [-0.15, -0.1) is 0 Å². The maximum atomic E-state index is 11.8. The molecule has 0 aromatic rings. The molecule has 6 heteroatoms. The highest BCUT2D eigenvalue weighted by Crippen LogP contribution is 2.19. The van der Waals surface area contributed by atoms with E-state index in [0.717, 1.165) is 0 Å². The minimum atomic E-state index is -0.505. The zero-order chi connectivity index (χ0) is 12.6. The van der Waals surface area contributed by atoms with E-state index in [1.807, 2.05) is 20.8 Å². The van der Waals surface area contributed by atoms with E-state index < -0.39 is 5.60 Å². The Kier molecular flexibility index (Phi) is 2.99. The van der Waals surface area contributed by atoms with E-state index in [0.29, 0.717) is 13.1 Å². The summed E-state index contributed by atoms with van der Waals surface area (Å²) in [6.45, 7) is 6.47. The first kappa shape index (κ1) is 12.2. The number of amides is 2. The fourth-order valence-corrected chi connectivity index (χ4v) is 1.99. The Morgan fingerprint density at radius 2 is 2.18 bits per heavy atom. The molecule has 2 atom stereocenters. The molecule has 0 bridgehead atoms. The highest BCUT2D eigenvalue weighted by Gasteiger charge is 2.41. The number of hydrogen-bond acceptors (Lipinski definition) is 4. The average molecular weight is 242 g/mol. The number of ether oxygens (including phenoxy) is 2. The first-order valence-corrected chi connectivity index (χ1v) is 5.74. The summed E-state index contributed by atoms with van der Waals surface area (Å²) in [5.41, 5.74) is -0.505. The summed E-state index contributed by atoms with van der Waals surface area (Å²) in [7, 11) is 0. The lowest BCUT2D eigenvalue weighted by Crippen LogP contribution is -2.50. The van der Waals surface area contributed by atoms with Crippen molar-refractivity contribution >= 4 is 12.0 Å². The van der Waals surface area contributed by atoms with Gasteiger partial charge in [-0.3, -0.25) is 4.79 Å². The van der Waals surface area contributed by atoms with Crippen LogP contribution in [0.2, 0.25) is 0 Å². The Labute approximate surface area is 100 Å². The van der Waals surface area contributed by atoms with Crippen molar-refractivity contribution in [1.29, 1.82) is 0 Å². The molecular weight excluding hydrogens is 224 g/mol. The molecule has 2 amide bonds. The Morgan fingerprint density at radius 3 is 2.82 bits per heavy atom. The molecule has 0 aromatic carbocycles. The summed E-state index contributed by atoms with van der Waals surface area (Å²) in [6, 6.07) is -0.108. The van der Waals surface area contributed by atoms with Gasteiger partial charge in [-0.25, -0.2) is 4.79 Å². The predicted octanol–water partition coefficient (Wildman–Crippen LogP) is 0.121. The molecule has 2 aliphatic heterocycles. The Hall–Kier alpha value is -1.30. The van der Waals surface area contributed by atoms with Gasteiger partial charge in [0.2, 0.25) is 5.91 Å². The summed E-state index contributed by atoms with van der Waals surface area (Å²) in [6.07, 6.45) is -0.468. The number of carbonyl (C=O) groups is 2. The second-order valence-corrected chi connectivity index (χ2v) is 5.41. The number of likely N-dealkylation sites (tertiary alicyclic amines) is 1. The SMILES string of the molecule is CC(C)(C)OC(=O)N1C[C@@H]2OCC(=O)N[C@@H]2C1. The van der Waals surface area contributed by atoms with E-state index in [9.17, 15) is 9.59 Å². The molecule has 0 spiro atoms. The van der Waals surface area contributed by atoms with Gasteiger partial charge in [0, 0.05) is 6.54 Å². The molecule has 96 valence electrons. The molecule has 0 aliphatic carbocycles. The van der Waals surface area contributed by atoms with E-state index in [2.05, 4.69) is 5.32 Å². The smallest absolute Gasteiger partial charge is 0.410 e. The third-order valence-corrected chi connectivity index (χ3v) is 2.69. The lowest BCUT2D eigenvalue weighted by Gasteiger charge is -2.24. The molecule has 2 saturated heterocycles. The first-order valence-electron chi connectivity index (χ1n) is 5.74. The van der Waals surface area contributed by atoms with Gasteiger partial charge in [0.1, 0.15) is 12.2 Å². The van der Waals surface area contributed by atoms with Crippen molar-refractivity contribution in [3.05, 3.63) is 0 Å². The van der Waals surface area contributed by atoms with Crippen LogP contribution in [0.1, 0.15) is 20.8 Å².